The van der Waals surface area contributed by atoms with Gasteiger partial charge in [-0.05, 0) is 34.3 Å². The fourth-order valence-corrected chi connectivity index (χ4v) is 1.53. The third kappa shape index (κ3) is 3.44. The first-order valence-corrected chi connectivity index (χ1v) is 5.53. The highest BCUT2D eigenvalue weighted by molar-refractivity contribution is 8.00. The molecule has 10 heteroatoms. The van der Waals surface area contributed by atoms with E-state index >= 15 is 0 Å². The number of alkyl halides is 3. The number of halogens is 3. The number of hydrogen-bond acceptors (Lipinski definition) is 6. The largest absolute Gasteiger partial charge is 0.441 e. The van der Waals surface area contributed by atoms with E-state index in [4.69, 9.17) is 0 Å². The van der Waals surface area contributed by atoms with Gasteiger partial charge in [-0.2, -0.15) is 13.2 Å². The first kappa shape index (κ1) is 11.9. The minimum absolute atomic E-state index is 0.0793. The molecule has 0 aromatic carbocycles. The molecule has 6 nitrogen and oxygen atoms in total. The Hall–Kier alpha value is -1.58. The van der Waals surface area contributed by atoms with Crippen LogP contribution in [0.1, 0.15) is 0 Å². The highest BCUT2D eigenvalue weighted by atomic mass is 32.2. The van der Waals surface area contributed by atoms with Crippen LogP contribution >= 0.6 is 11.8 Å². The maximum atomic E-state index is 11.8. The molecule has 0 spiro atoms. The van der Waals surface area contributed by atoms with Gasteiger partial charge >= 0.3 is 5.51 Å². The third-order valence-electron chi connectivity index (χ3n) is 1.74. The Kier molecular flexibility index (Phi) is 3.31. The molecule has 0 bridgehead atoms. The molecular weight excluding hydrogens is 257 g/mol. The second-order valence-corrected chi connectivity index (χ2v) is 4.13. The normalized spacial score (nSPS) is 11.9. The molecule has 2 aromatic rings. The Balaban J connectivity index is 1.86. The maximum absolute atomic E-state index is 11.8. The van der Waals surface area contributed by atoms with Crippen LogP contribution in [0, 0.1) is 0 Å². The van der Waals surface area contributed by atoms with E-state index in [-0.39, 0.29) is 24.1 Å². The molecule has 0 radical (unpaired) electrons. The summed E-state index contributed by atoms with van der Waals surface area (Å²) in [7, 11) is 0. The number of tetrazole rings is 1. The number of thioether (sulfide) groups is 1. The lowest BCUT2D eigenvalue weighted by Gasteiger charge is -2.06. The van der Waals surface area contributed by atoms with Crippen LogP contribution in [0.25, 0.3) is 5.65 Å². The number of anilines is 1. The molecule has 0 unspecified atom stereocenters. The molecule has 2 rings (SSSR count). The average molecular weight is 264 g/mol. The van der Waals surface area contributed by atoms with Crippen LogP contribution < -0.4 is 5.32 Å². The standard InChI is InChI=1S/C7H7F3N6S/c8-7(9,10)17-4-3-11-5-1-2-6-12-14-15-16(6)13-5/h1-2H,3-4H2,(H,11,13). The van der Waals surface area contributed by atoms with Crippen molar-refractivity contribution in [2.75, 3.05) is 17.6 Å². The van der Waals surface area contributed by atoms with Gasteiger partial charge in [0.2, 0.25) is 0 Å². The molecule has 2 aromatic heterocycles. The number of fused-ring (bicyclic) bond motifs is 1. The van der Waals surface area contributed by atoms with Gasteiger partial charge in [-0.3, -0.25) is 0 Å². The summed E-state index contributed by atoms with van der Waals surface area (Å²) < 4.78 is 36.7. The third-order valence-corrected chi connectivity index (χ3v) is 2.48. The first-order chi connectivity index (χ1) is 8.04. The van der Waals surface area contributed by atoms with Gasteiger partial charge in [0.1, 0.15) is 5.82 Å². The summed E-state index contributed by atoms with van der Waals surface area (Å²) in [6.07, 6.45) is 0. The predicted octanol–water partition coefficient (Wildman–Crippen LogP) is 1.18. The molecule has 0 aliphatic heterocycles. The van der Waals surface area contributed by atoms with Crippen molar-refractivity contribution in [2.45, 2.75) is 5.51 Å². The zero-order chi connectivity index (χ0) is 12.3. The Morgan fingerprint density at radius 2 is 2.18 bits per heavy atom. The van der Waals surface area contributed by atoms with Gasteiger partial charge in [-0.15, -0.1) is 14.8 Å². The summed E-state index contributed by atoms with van der Waals surface area (Å²) >= 11 is -0.0793. The zero-order valence-corrected chi connectivity index (χ0v) is 9.16. The number of nitrogens with one attached hydrogen (secondary N) is 1. The van der Waals surface area contributed by atoms with Crippen LogP contribution in [0.3, 0.4) is 0 Å². The summed E-state index contributed by atoms with van der Waals surface area (Å²) in [5.41, 5.74) is -3.73. The molecule has 92 valence electrons. The smallest absolute Gasteiger partial charge is 0.368 e. The summed E-state index contributed by atoms with van der Waals surface area (Å²) in [5, 5.41) is 17.3. The Morgan fingerprint density at radius 1 is 1.35 bits per heavy atom. The van der Waals surface area contributed by atoms with E-state index in [1.807, 2.05) is 0 Å². The number of hydrogen-bond donors (Lipinski definition) is 1. The van der Waals surface area contributed by atoms with Gasteiger partial charge in [0, 0.05) is 12.3 Å². The average Bonchev–Trinajstić information content (AvgIpc) is 2.70. The molecule has 17 heavy (non-hydrogen) atoms. The molecule has 0 saturated heterocycles. The van der Waals surface area contributed by atoms with E-state index in [0.29, 0.717) is 11.5 Å². The van der Waals surface area contributed by atoms with Crippen LogP contribution in [-0.2, 0) is 0 Å². The van der Waals surface area contributed by atoms with Gasteiger partial charge < -0.3 is 5.32 Å². The highest BCUT2D eigenvalue weighted by Gasteiger charge is 2.27. The molecule has 1 N–H and O–H groups in total. The van der Waals surface area contributed by atoms with E-state index in [2.05, 4.69) is 25.9 Å². The zero-order valence-electron chi connectivity index (χ0n) is 8.35. The molecular formula is C7H7F3N6S. The van der Waals surface area contributed by atoms with E-state index in [0.717, 1.165) is 0 Å². The van der Waals surface area contributed by atoms with Gasteiger partial charge in [0.25, 0.3) is 0 Å². The van der Waals surface area contributed by atoms with Crippen LogP contribution in [0.15, 0.2) is 12.1 Å². The van der Waals surface area contributed by atoms with Crippen molar-refractivity contribution in [3.8, 4) is 0 Å². The highest BCUT2D eigenvalue weighted by Crippen LogP contribution is 2.29. The van der Waals surface area contributed by atoms with Gasteiger partial charge in [-0.1, -0.05) is 0 Å². The summed E-state index contributed by atoms with van der Waals surface area (Å²) in [4.78, 5) is 0. The quantitative estimate of drug-likeness (QED) is 0.836. The summed E-state index contributed by atoms with van der Waals surface area (Å²) in [5.74, 6) is 0.339. The van der Waals surface area contributed by atoms with Crippen molar-refractivity contribution >= 4 is 23.2 Å². The first-order valence-electron chi connectivity index (χ1n) is 4.54. The minimum atomic E-state index is -4.20. The number of nitrogens with zero attached hydrogens (tertiary/aromatic N) is 5. The molecule has 0 fully saturated rings. The van der Waals surface area contributed by atoms with Crippen LogP contribution in [0.5, 0.6) is 0 Å². The summed E-state index contributed by atoms with van der Waals surface area (Å²) in [6, 6.07) is 3.22. The second kappa shape index (κ2) is 4.73. The number of aromatic nitrogens is 5. The topological polar surface area (TPSA) is 68.0 Å². The van der Waals surface area contributed by atoms with Crippen molar-refractivity contribution in [3.63, 3.8) is 0 Å². The summed E-state index contributed by atoms with van der Waals surface area (Å²) in [6.45, 7) is 0.158. The minimum Gasteiger partial charge on any atom is -0.368 e. The number of rotatable bonds is 4. The van der Waals surface area contributed by atoms with Crippen LogP contribution in [0.2, 0.25) is 0 Å². The van der Waals surface area contributed by atoms with Crippen molar-refractivity contribution in [1.29, 1.82) is 0 Å². The van der Waals surface area contributed by atoms with E-state index < -0.39 is 5.51 Å². The molecule has 0 aliphatic rings. The molecule has 0 atom stereocenters. The SMILES string of the molecule is FC(F)(F)SCCNc1ccc2nnnn2n1. The van der Waals surface area contributed by atoms with Crippen LogP contribution in [0.4, 0.5) is 19.0 Å². The molecule has 0 aliphatic carbocycles. The van der Waals surface area contributed by atoms with E-state index in [1.54, 1.807) is 12.1 Å². The lowest BCUT2D eigenvalue weighted by atomic mass is 10.5. The second-order valence-electron chi connectivity index (χ2n) is 2.97. The Morgan fingerprint density at radius 3 is 2.94 bits per heavy atom. The molecule has 0 saturated carbocycles. The van der Waals surface area contributed by atoms with E-state index in [9.17, 15) is 13.2 Å². The van der Waals surface area contributed by atoms with E-state index in [1.165, 1.54) is 4.63 Å². The Bertz CT molecular complexity index is 498. The van der Waals surface area contributed by atoms with Gasteiger partial charge in [0.15, 0.2) is 5.65 Å². The van der Waals surface area contributed by atoms with Crippen molar-refractivity contribution < 1.29 is 13.2 Å². The molecule has 2 heterocycles. The fraction of sp³-hybridized carbons (Fsp3) is 0.429. The van der Waals surface area contributed by atoms with Crippen molar-refractivity contribution in [1.82, 2.24) is 25.3 Å². The van der Waals surface area contributed by atoms with Gasteiger partial charge in [-0.25, -0.2) is 0 Å². The lowest BCUT2D eigenvalue weighted by Crippen LogP contribution is -2.11. The van der Waals surface area contributed by atoms with Crippen molar-refractivity contribution in [2.24, 2.45) is 0 Å². The molecule has 0 amide bonds. The maximum Gasteiger partial charge on any atom is 0.441 e. The predicted molar refractivity (Wildman–Crippen MR) is 55.6 cm³/mol. The van der Waals surface area contributed by atoms with Crippen LogP contribution in [-0.4, -0.2) is 43.1 Å². The van der Waals surface area contributed by atoms with Gasteiger partial charge in [0.05, 0.1) is 0 Å². The lowest BCUT2D eigenvalue weighted by molar-refractivity contribution is -0.0327. The Labute approximate surface area is 97.6 Å². The van der Waals surface area contributed by atoms with Crippen molar-refractivity contribution in [3.05, 3.63) is 12.1 Å². The fourth-order valence-electron chi connectivity index (χ4n) is 1.09. The monoisotopic (exact) mass is 264 g/mol.